The van der Waals surface area contributed by atoms with E-state index in [9.17, 15) is 0 Å². The second-order valence-electron chi connectivity index (χ2n) is 6.98. The van der Waals surface area contributed by atoms with E-state index in [0.29, 0.717) is 19.7 Å². The maximum absolute atomic E-state index is 5.85. The molecule has 2 aromatic rings. The molecule has 0 fully saturated rings. The van der Waals surface area contributed by atoms with Gasteiger partial charge < -0.3 is 29.7 Å². The number of hydrogen-bond acceptors (Lipinski definition) is 5. The van der Waals surface area contributed by atoms with E-state index in [4.69, 9.17) is 14.2 Å². The molecule has 0 atom stereocenters. The lowest BCUT2D eigenvalue weighted by atomic mass is 10.2. The molecule has 0 amide bonds. The minimum atomic E-state index is 0. The Bertz CT molecular complexity index is 811. The summed E-state index contributed by atoms with van der Waals surface area (Å²) in [5.41, 5.74) is 2.18. The highest BCUT2D eigenvalue weighted by molar-refractivity contribution is 14.0. The van der Waals surface area contributed by atoms with Crippen LogP contribution in [0.15, 0.2) is 47.5 Å². The van der Waals surface area contributed by atoms with Gasteiger partial charge in [-0.2, -0.15) is 0 Å². The first-order chi connectivity index (χ1) is 15.1. The molecular formula is C24H37IN4O3. The van der Waals surface area contributed by atoms with Gasteiger partial charge in [0.2, 0.25) is 0 Å². The summed E-state index contributed by atoms with van der Waals surface area (Å²) in [6, 6.07) is 13.9. The number of likely N-dealkylation sites (N-methyl/N-ethyl adjacent to an activating group) is 1. The molecule has 0 spiro atoms. The van der Waals surface area contributed by atoms with E-state index >= 15 is 0 Å². The molecule has 8 heteroatoms. The van der Waals surface area contributed by atoms with Gasteiger partial charge in [0, 0.05) is 38.3 Å². The molecule has 2 aromatic carbocycles. The third-order valence-corrected chi connectivity index (χ3v) is 5.12. The van der Waals surface area contributed by atoms with Crippen LogP contribution in [0.4, 0.5) is 0 Å². The van der Waals surface area contributed by atoms with Crippen LogP contribution in [0.5, 0.6) is 17.2 Å². The van der Waals surface area contributed by atoms with Crippen LogP contribution < -0.4 is 24.8 Å². The molecule has 0 aromatic heterocycles. The summed E-state index contributed by atoms with van der Waals surface area (Å²) in [5.74, 6) is 3.16. The predicted octanol–water partition coefficient (Wildman–Crippen LogP) is 3.91. The molecule has 178 valence electrons. The Morgan fingerprint density at radius 1 is 0.906 bits per heavy atom. The summed E-state index contributed by atoms with van der Waals surface area (Å²) < 4.78 is 16.6. The summed E-state index contributed by atoms with van der Waals surface area (Å²) in [6.45, 7) is 9.33. The second kappa shape index (κ2) is 15.6. The topological polar surface area (TPSA) is 67.4 Å². The van der Waals surface area contributed by atoms with Crippen LogP contribution in [0.3, 0.4) is 0 Å². The first kappa shape index (κ1) is 27.8. The van der Waals surface area contributed by atoms with Gasteiger partial charge in [-0.1, -0.05) is 26.0 Å². The zero-order chi connectivity index (χ0) is 22.5. The van der Waals surface area contributed by atoms with Crippen molar-refractivity contribution < 1.29 is 14.2 Å². The van der Waals surface area contributed by atoms with Gasteiger partial charge in [0.25, 0.3) is 0 Å². The Morgan fingerprint density at radius 3 is 2.16 bits per heavy atom. The Balaban J connectivity index is 0.00000512. The van der Waals surface area contributed by atoms with E-state index in [-0.39, 0.29) is 24.0 Å². The molecular weight excluding hydrogens is 519 g/mol. The molecule has 0 radical (unpaired) electrons. The normalized spacial score (nSPS) is 11.0. The second-order valence-corrected chi connectivity index (χ2v) is 6.98. The van der Waals surface area contributed by atoms with Crippen molar-refractivity contribution in [1.82, 2.24) is 15.5 Å². The molecule has 0 saturated heterocycles. The lowest BCUT2D eigenvalue weighted by Gasteiger charge is -2.18. The van der Waals surface area contributed by atoms with E-state index in [1.807, 2.05) is 30.3 Å². The SMILES string of the molecule is CCN(CC)CCOc1ccc(CNC(=NC)NCc2ccc(OC)cc2OC)cc1.I. The van der Waals surface area contributed by atoms with Crippen LogP contribution in [-0.2, 0) is 13.1 Å². The lowest BCUT2D eigenvalue weighted by Crippen LogP contribution is -2.36. The van der Waals surface area contributed by atoms with Crippen molar-refractivity contribution in [3.05, 3.63) is 53.6 Å². The van der Waals surface area contributed by atoms with Crippen molar-refractivity contribution >= 4 is 29.9 Å². The molecule has 0 aliphatic rings. The van der Waals surface area contributed by atoms with Gasteiger partial charge in [-0.3, -0.25) is 4.99 Å². The van der Waals surface area contributed by atoms with Crippen LogP contribution >= 0.6 is 24.0 Å². The summed E-state index contributed by atoms with van der Waals surface area (Å²) >= 11 is 0. The molecule has 7 nitrogen and oxygen atoms in total. The maximum atomic E-state index is 5.85. The first-order valence-corrected chi connectivity index (χ1v) is 10.7. The van der Waals surface area contributed by atoms with E-state index < -0.39 is 0 Å². The molecule has 0 unspecified atom stereocenters. The van der Waals surface area contributed by atoms with Crippen molar-refractivity contribution in [1.29, 1.82) is 0 Å². The highest BCUT2D eigenvalue weighted by Gasteiger charge is 2.07. The lowest BCUT2D eigenvalue weighted by molar-refractivity contribution is 0.223. The molecule has 0 heterocycles. The van der Waals surface area contributed by atoms with E-state index in [0.717, 1.165) is 54.0 Å². The number of ether oxygens (including phenoxy) is 3. The van der Waals surface area contributed by atoms with Crippen LogP contribution in [0.25, 0.3) is 0 Å². The number of nitrogens with one attached hydrogen (secondary N) is 2. The van der Waals surface area contributed by atoms with Crippen LogP contribution in [-0.4, -0.2) is 58.4 Å². The quantitative estimate of drug-likeness (QED) is 0.235. The summed E-state index contributed by atoms with van der Waals surface area (Å²) in [6.07, 6.45) is 0. The zero-order valence-corrected chi connectivity index (χ0v) is 22.1. The van der Waals surface area contributed by atoms with Crippen molar-refractivity contribution in [2.45, 2.75) is 26.9 Å². The van der Waals surface area contributed by atoms with Gasteiger partial charge in [-0.25, -0.2) is 0 Å². The summed E-state index contributed by atoms with van der Waals surface area (Å²) in [4.78, 5) is 6.64. The Morgan fingerprint density at radius 2 is 1.56 bits per heavy atom. The molecule has 0 aliphatic carbocycles. The summed E-state index contributed by atoms with van der Waals surface area (Å²) in [5, 5.41) is 6.65. The molecule has 2 rings (SSSR count). The summed E-state index contributed by atoms with van der Waals surface area (Å²) in [7, 11) is 5.05. The van der Waals surface area contributed by atoms with E-state index in [1.54, 1.807) is 21.3 Å². The van der Waals surface area contributed by atoms with E-state index in [2.05, 4.69) is 46.5 Å². The minimum Gasteiger partial charge on any atom is -0.497 e. The third-order valence-electron chi connectivity index (χ3n) is 5.12. The fourth-order valence-corrected chi connectivity index (χ4v) is 3.12. The van der Waals surface area contributed by atoms with Crippen molar-refractivity contribution in [3.8, 4) is 17.2 Å². The fourth-order valence-electron chi connectivity index (χ4n) is 3.12. The Kier molecular flexibility index (Phi) is 13.5. The van der Waals surface area contributed by atoms with Gasteiger partial charge in [-0.15, -0.1) is 24.0 Å². The van der Waals surface area contributed by atoms with Gasteiger partial charge in [-0.05, 0) is 42.9 Å². The van der Waals surface area contributed by atoms with Crippen molar-refractivity contribution in [2.24, 2.45) is 4.99 Å². The Labute approximate surface area is 209 Å². The number of guanidine groups is 1. The highest BCUT2D eigenvalue weighted by atomic mass is 127. The zero-order valence-electron chi connectivity index (χ0n) is 19.8. The van der Waals surface area contributed by atoms with Gasteiger partial charge in [0.15, 0.2) is 5.96 Å². The largest absolute Gasteiger partial charge is 0.497 e. The van der Waals surface area contributed by atoms with Crippen molar-refractivity contribution in [2.75, 3.05) is 47.5 Å². The fraction of sp³-hybridized carbons (Fsp3) is 0.458. The number of aliphatic imine (C=N–C) groups is 1. The van der Waals surface area contributed by atoms with Gasteiger partial charge in [0.1, 0.15) is 23.9 Å². The molecule has 32 heavy (non-hydrogen) atoms. The molecule has 0 bridgehead atoms. The Hall–Kier alpha value is -2.20. The average Bonchev–Trinajstić information content (AvgIpc) is 2.82. The number of methoxy groups -OCH3 is 2. The smallest absolute Gasteiger partial charge is 0.191 e. The number of nitrogens with zero attached hydrogens (tertiary/aromatic N) is 2. The molecule has 2 N–H and O–H groups in total. The highest BCUT2D eigenvalue weighted by Crippen LogP contribution is 2.24. The number of hydrogen-bond donors (Lipinski definition) is 2. The minimum absolute atomic E-state index is 0. The number of benzene rings is 2. The first-order valence-electron chi connectivity index (χ1n) is 10.7. The third kappa shape index (κ3) is 9.12. The monoisotopic (exact) mass is 556 g/mol. The molecule has 0 saturated carbocycles. The van der Waals surface area contributed by atoms with Crippen LogP contribution in [0, 0.1) is 0 Å². The number of rotatable bonds is 12. The molecule has 0 aliphatic heterocycles. The van der Waals surface area contributed by atoms with E-state index in [1.165, 1.54) is 0 Å². The van der Waals surface area contributed by atoms with Gasteiger partial charge >= 0.3 is 0 Å². The average molecular weight is 556 g/mol. The standard InChI is InChI=1S/C24H36N4O3.HI/c1-6-28(7-2)14-15-31-21-11-8-19(9-12-21)17-26-24(25-3)27-18-20-10-13-22(29-4)16-23(20)30-5;/h8-13,16H,6-7,14-15,17-18H2,1-5H3,(H2,25,26,27);1H. The maximum Gasteiger partial charge on any atom is 0.191 e. The van der Waals surface area contributed by atoms with Gasteiger partial charge in [0.05, 0.1) is 14.2 Å². The van der Waals surface area contributed by atoms with Crippen LogP contribution in [0.2, 0.25) is 0 Å². The van der Waals surface area contributed by atoms with Crippen molar-refractivity contribution in [3.63, 3.8) is 0 Å². The number of halogens is 1. The predicted molar refractivity (Wildman–Crippen MR) is 142 cm³/mol. The van der Waals surface area contributed by atoms with Crippen LogP contribution in [0.1, 0.15) is 25.0 Å².